The van der Waals surface area contributed by atoms with Crippen molar-refractivity contribution in [1.29, 1.82) is 0 Å². The minimum absolute atomic E-state index is 0.0754. The van der Waals surface area contributed by atoms with E-state index in [9.17, 15) is 18.3 Å². The molecule has 2 aromatic rings. The molecule has 8 nitrogen and oxygen atoms in total. The number of amides is 1. The average Bonchev–Trinajstić information content (AvgIpc) is 2.80. The molecule has 0 bridgehead atoms. The highest BCUT2D eigenvalue weighted by molar-refractivity contribution is 7.92. The Kier molecular flexibility index (Phi) is 8.11. The van der Waals surface area contributed by atoms with Crippen LogP contribution in [-0.2, 0) is 26.1 Å². The van der Waals surface area contributed by atoms with E-state index in [4.69, 9.17) is 9.47 Å². The minimum Gasteiger partial charge on any atom is -0.497 e. The summed E-state index contributed by atoms with van der Waals surface area (Å²) in [5.41, 5.74) is 2.13. The first kappa shape index (κ1) is 24.0. The van der Waals surface area contributed by atoms with Gasteiger partial charge in [0.2, 0.25) is 15.9 Å². The number of morpholine rings is 1. The number of ether oxygens (including phenoxy) is 2. The predicted molar refractivity (Wildman–Crippen MR) is 122 cm³/mol. The molecule has 0 saturated carbocycles. The molecule has 2 atom stereocenters. The Balaban J connectivity index is 1.74. The fraction of sp³-hybridized carbons (Fsp3) is 0.435. The van der Waals surface area contributed by atoms with Crippen LogP contribution in [-0.4, -0.2) is 56.4 Å². The van der Waals surface area contributed by atoms with Crippen LogP contribution in [0.3, 0.4) is 0 Å². The largest absolute Gasteiger partial charge is 0.497 e. The molecule has 1 aliphatic heterocycles. The van der Waals surface area contributed by atoms with Crippen LogP contribution in [0.15, 0.2) is 48.5 Å². The molecule has 1 saturated heterocycles. The van der Waals surface area contributed by atoms with E-state index >= 15 is 0 Å². The van der Waals surface area contributed by atoms with Gasteiger partial charge in [0.05, 0.1) is 25.5 Å². The van der Waals surface area contributed by atoms with E-state index in [1.165, 1.54) is 0 Å². The highest BCUT2D eigenvalue weighted by Gasteiger charge is 2.37. The number of carbonyl (C=O) groups excluding carboxylic acids is 1. The number of rotatable bonds is 10. The van der Waals surface area contributed by atoms with E-state index in [0.29, 0.717) is 18.7 Å². The van der Waals surface area contributed by atoms with E-state index in [1.54, 1.807) is 36.3 Å². The van der Waals surface area contributed by atoms with Crippen molar-refractivity contribution in [3.8, 4) is 5.75 Å². The highest BCUT2D eigenvalue weighted by Crippen LogP contribution is 2.31. The molecule has 2 aromatic carbocycles. The second-order valence-corrected chi connectivity index (χ2v) is 9.59. The van der Waals surface area contributed by atoms with Crippen LogP contribution in [0.1, 0.15) is 37.0 Å². The molecular formula is C23H30N2O6S. The van der Waals surface area contributed by atoms with Crippen LogP contribution in [0, 0.1) is 0 Å². The van der Waals surface area contributed by atoms with Crippen molar-refractivity contribution in [2.45, 2.75) is 38.5 Å². The van der Waals surface area contributed by atoms with Gasteiger partial charge in [-0.3, -0.25) is 9.52 Å². The van der Waals surface area contributed by atoms with Gasteiger partial charge in [0, 0.05) is 12.2 Å². The van der Waals surface area contributed by atoms with Gasteiger partial charge in [-0.25, -0.2) is 8.42 Å². The lowest BCUT2D eigenvalue weighted by molar-refractivity contribution is -0.162. The molecule has 32 heavy (non-hydrogen) atoms. The number of nitrogens with one attached hydrogen (secondary N) is 1. The second kappa shape index (κ2) is 10.8. The number of methoxy groups -OCH3 is 1. The molecular weight excluding hydrogens is 432 g/mol. The zero-order chi connectivity index (χ0) is 23.1. The van der Waals surface area contributed by atoms with Gasteiger partial charge >= 0.3 is 0 Å². The third-order valence-corrected chi connectivity index (χ3v) is 6.81. The van der Waals surface area contributed by atoms with Crippen molar-refractivity contribution in [3.63, 3.8) is 0 Å². The summed E-state index contributed by atoms with van der Waals surface area (Å²) in [6.45, 7) is 1.92. The van der Waals surface area contributed by atoms with Gasteiger partial charge in [0.15, 0.2) is 0 Å². The summed E-state index contributed by atoms with van der Waals surface area (Å²) < 4.78 is 37.7. The van der Waals surface area contributed by atoms with Gasteiger partial charge < -0.3 is 19.5 Å². The quantitative estimate of drug-likeness (QED) is 0.563. The third-order valence-electron chi connectivity index (χ3n) is 5.43. The van der Waals surface area contributed by atoms with E-state index in [2.05, 4.69) is 4.72 Å². The Morgan fingerprint density at radius 2 is 1.84 bits per heavy atom. The number of unbranched alkanes of at least 4 members (excludes halogenated alkanes) is 1. The molecule has 2 unspecified atom stereocenters. The van der Waals surface area contributed by atoms with Crippen molar-refractivity contribution in [2.24, 2.45) is 0 Å². The van der Waals surface area contributed by atoms with Crippen LogP contribution in [0.5, 0.6) is 5.75 Å². The summed E-state index contributed by atoms with van der Waals surface area (Å²) in [4.78, 5) is 14.2. The zero-order valence-electron chi connectivity index (χ0n) is 18.4. The summed E-state index contributed by atoms with van der Waals surface area (Å²) in [5.74, 6) is 0.604. The lowest BCUT2D eigenvalue weighted by atomic mass is 9.98. The predicted octanol–water partition coefficient (Wildman–Crippen LogP) is 2.70. The van der Waals surface area contributed by atoms with E-state index in [1.807, 2.05) is 31.2 Å². The van der Waals surface area contributed by atoms with E-state index in [-0.39, 0.29) is 24.9 Å². The molecule has 1 amide bonds. The number of hydrogen-bond donors (Lipinski definition) is 2. The molecule has 0 aromatic heterocycles. The normalized spacial score (nSPS) is 19.1. The number of nitrogens with zero attached hydrogens (tertiary/aromatic N) is 1. The fourth-order valence-electron chi connectivity index (χ4n) is 3.65. The maximum Gasteiger partial charge on any atom is 0.249 e. The Labute approximate surface area is 189 Å². The number of aliphatic hydroxyl groups excluding tert-OH is 1. The van der Waals surface area contributed by atoms with Crippen molar-refractivity contribution in [3.05, 3.63) is 59.7 Å². The van der Waals surface area contributed by atoms with Crippen LogP contribution < -0.4 is 9.46 Å². The van der Waals surface area contributed by atoms with Crippen molar-refractivity contribution in [2.75, 3.05) is 30.8 Å². The first-order valence-corrected chi connectivity index (χ1v) is 12.3. The monoisotopic (exact) mass is 462 g/mol. The molecule has 1 fully saturated rings. The number of carbonyl (C=O) groups is 1. The standard InChI is InChI=1S/C23H30N2O6S/c1-3-4-13-32(28,29)24-19-9-7-18(8-10-19)23-21(15-26)25(22(27)16-31-23)14-17-5-11-20(30-2)12-6-17/h5-12,21,23-24,26H,3-4,13-16H2,1-2H3. The van der Waals surface area contributed by atoms with Gasteiger partial charge in [0.1, 0.15) is 18.5 Å². The number of benzene rings is 2. The Morgan fingerprint density at radius 1 is 1.16 bits per heavy atom. The summed E-state index contributed by atoms with van der Waals surface area (Å²) in [5, 5.41) is 10.1. The topological polar surface area (TPSA) is 105 Å². The van der Waals surface area contributed by atoms with E-state index < -0.39 is 22.2 Å². The van der Waals surface area contributed by atoms with Gasteiger partial charge in [-0.05, 0) is 41.8 Å². The molecule has 2 N–H and O–H groups in total. The first-order chi connectivity index (χ1) is 15.4. The summed E-state index contributed by atoms with van der Waals surface area (Å²) in [6.07, 6.45) is 0.869. The SMILES string of the molecule is CCCCS(=O)(=O)Nc1ccc(C2OCC(=O)N(Cc3ccc(OC)cc3)C2CO)cc1. The van der Waals surface area contributed by atoms with Gasteiger partial charge in [0.25, 0.3) is 0 Å². The summed E-state index contributed by atoms with van der Waals surface area (Å²) >= 11 is 0. The van der Waals surface area contributed by atoms with Crippen LogP contribution >= 0.6 is 0 Å². The smallest absolute Gasteiger partial charge is 0.249 e. The van der Waals surface area contributed by atoms with Crippen molar-refractivity contribution >= 4 is 21.6 Å². The number of hydrogen-bond acceptors (Lipinski definition) is 6. The maximum absolute atomic E-state index is 12.6. The highest BCUT2D eigenvalue weighted by atomic mass is 32.2. The Bertz CT molecular complexity index is 992. The Hall–Kier alpha value is -2.62. The molecule has 1 heterocycles. The van der Waals surface area contributed by atoms with Gasteiger partial charge in [-0.1, -0.05) is 37.6 Å². The number of sulfonamides is 1. The lowest BCUT2D eigenvalue weighted by Crippen LogP contribution is -2.52. The van der Waals surface area contributed by atoms with Gasteiger partial charge in [-0.15, -0.1) is 0 Å². The van der Waals surface area contributed by atoms with Crippen LogP contribution in [0.2, 0.25) is 0 Å². The first-order valence-electron chi connectivity index (χ1n) is 10.6. The molecule has 0 radical (unpaired) electrons. The fourth-order valence-corrected chi connectivity index (χ4v) is 4.92. The average molecular weight is 463 g/mol. The second-order valence-electron chi connectivity index (χ2n) is 7.75. The molecule has 0 aliphatic carbocycles. The molecule has 0 spiro atoms. The van der Waals surface area contributed by atoms with Crippen LogP contribution in [0.4, 0.5) is 5.69 Å². The molecule has 1 aliphatic rings. The number of anilines is 1. The Morgan fingerprint density at radius 3 is 2.44 bits per heavy atom. The zero-order valence-corrected chi connectivity index (χ0v) is 19.2. The van der Waals surface area contributed by atoms with Crippen LogP contribution in [0.25, 0.3) is 0 Å². The maximum atomic E-state index is 12.6. The van der Waals surface area contributed by atoms with Crippen molar-refractivity contribution in [1.82, 2.24) is 4.90 Å². The molecule has 9 heteroatoms. The lowest BCUT2D eigenvalue weighted by Gasteiger charge is -2.40. The number of aliphatic hydroxyl groups is 1. The third kappa shape index (κ3) is 5.99. The molecule has 174 valence electrons. The minimum atomic E-state index is -3.39. The van der Waals surface area contributed by atoms with E-state index in [0.717, 1.165) is 23.3 Å². The summed E-state index contributed by atoms with van der Waals surface area (Å²) in [6, 6.07) is 13.7. The van der Waals surface area contributed by atoms with Crippen molar-refractivity contribution < 1.29 is 27.8 Å². The molecule has 3 rings (SSSR count). The summed E-state index contributed by atoms with van der Waals surface area (Å²) in [7, 11) is -1.80. The van der Waals surface area contributed by atoms with Gasteiger partial charge in [-0.2, -0.15) is 0 Å².